The van der Waals surface area contributed by atoms with Crippen molar-refractivity contribution < 1.29 is 9.59 Å². The van der Waals surface area contributed by atoms with Crippen molar-refractivity contribution in [1.29, 1.82) is 0 Å². The van der Waals surface area contributed by atoms with Gasteiger partial charge in [0.1, 0.15) is 0 Å². The van der Waals surface area contributed by atoms with Crippen LogP contribution in [0.2, 0.25) is 0 Å². The highest BCUT2D eigenvalue weighted by Crippen LogP contribution is 2.16. The van der Waals surface area contributed by atoms with Crippen LogP contribution >= 0.6 is 0 Å². The summed E-state index contributed by atoms with van der Waals surface area (Å²) in [6.45, 7) is 6.31. The summed E-state index contributed by atoms with van der Waals surface area (Å²) < 4.78 is 0. The highest BCUT2D eigenvalue weighted by molar-refractivity contribution is 6.39. The van der Waals surface area contributed by atoms with Crippen LogP contribution in [0.3, 0.4) is 0 Å². The van der Waals surface area contributed by atoms with Gasteiger partial charge in [0.25, 0.3) is 0 Å². The first-order valence-corrected chi connectivity index (χ1v) is 7.68. The summed E-state index contributed by atoms with van der Waals surface area (Å²) >= 11 is 0. The fourth-order valence-corrected chi connectivity index (χ4v) is 2.36. The second-order valence-corrected chi connectivity index (χ2v) is 5.79. The van der Waals surface area contributed by atoms with Crippen molar-refractivity contribution in [3.05, 3.63) is 65.2 Å². The van der Waals surface area contributed by atoms with Crippen LogP contribution < -0.4 is 10.6 Å². The second kappa shape index (κ2) is 7.58. The monoisotopic (exact) mass is 310 g/mol. The number of hydrogen-bond donors (Lipinski definition) is 2. The first-order valence-electron chi connectivity index (χ1n) is 7.68. The molecule has 2 rings (SSSR count). The zero-order chi connectivity index (χ0) is 16.8. The molecule has 0 aliphatic rings. The van der Waals surface area contributed by atoms with Gasteiger partial charge in [-0.25, -0.2) is 0 Å². The highest BCUT2D eigenvalue weighted by atomic mass is 16.2. The van der Waals surface area contributed by atoms with Gasteiger partial charge in [0, 0.05) is 12.2 Å². The molecule has 2 aromatic carbocycles. The zero-order valence-electron chi connectivity index (χ0n) is 13.7. The molecule has 0 fully saturated rings. The lowest BCUT2D eigenvalue weighted by molar-refractivity contribution is -0.136. The third-order valence-corrected chi connectivity index (χ3v) is 3.77. The first-order chi connectivity index (χ1) is 11.0. The Morgan fingerprint density at radius 1 is 1.00 bits per heavy atom. The number of rotatable bonds is 4. The van der Waals surface area contributed by atoms with E-state index in [0.717, 1.165) is 16.7 Å². The van der Waals surface area contributed by atoms with Crippen LogP contribution in [0.1, 0.15) is 29.5 Å². The van der Waals surface area contributed by atoms with Crippen molar-refractivity contribution in [3.63, 3.8) is 0 Å². The highest BCUT2D eigenvalue weighted by Gasteiger charge is 2.15. The molecule has 4 heteroatoms. The molecule has 23 heavy (non-hydrogen) atoms. The molecule has 0 saturated heterocycles. The van der Waals surface area contributed by atoms with Crippen LogP contribution in [0.15, 0.2) is 48.5 Å². The minimum absolute atomic E-state index is 0.147. The molecule has 0 unspecified atom stereocenters. The summed E-state index contributed by atoms with van der Waals surface area (Å²) in [5, 5.41) is 5.33. The van der Waals surface area contributed by atoms with Crippen molar-refractivity contribution in [3.8, 4) is 0 Å². The molecular weight excluding hydrogens is 288 g/mol. The van der Waals surface area contributed by atoms with Gasteiger partial charge in [-0.15, -0.1) is 0 Å². The Hall–Kier alpha value is -2.62. The molecule has 120 valence electrons. The van der Waals surface area contributed by atoms with Crippen LogP contribution in [0.25, 0.3) is 0 Å². The summed E-state index contributed by atoms with van der Waals surface area (Å²) in [5.74, 6) is -1.11. The molecular formula is C19H22N2O2. The maximum Gasteiger partial charge on any atom is 0.313 e. The van der Waals surface area contributed by atoms with Crippen LogP contribution in [0.5, 0.6) is 0 Å². The summed E-state index contributed by atoms with van der Waals surface area (Å²) in [4.78, 5) is 23.9. The number of carbonyl (C=O) groups excluding carboxylic acids is 2. The summed E-state index contributed by atoms with van der Waals surface area (Å²) in [7, 11) is 0. The minimum Gasteiger partial charge on any atom is -0.347 e. The predicted molar refractivity (Wildman–Crippen MR) is 92.4 cm³/mol. The van der Waals surface area contributed by atoms with Gasteiger partial charge in [-0.05, 0) is 37.0 Å². The van der Waals surface area contributed by atoms with E-state index in [4.69, 9.17) is 0 Å². The molecule has 0 aromatic heterocycles. The smallest absolute Gasteiger partial charge is 0.313 e. The van der Waals surface area contributed by atoms with E-state index in [1.165, 1.54) is 0 Å². The Bertz CT molecular complexity index is 696. The third kappa shape index (κ3) is 4.68. The van der Waals surface area contributed by atoms with E-state index < -0.39 is 11.8 Å². The Kier molecular flexibility index (Phi) is 5.52. The number of carbonyl (C=O) groups is 2. The lowest BCUT2D eigenvalue weighted by Gasteiger charge is -2.13. The SMILES string of the molecule is Cc1ccc(NC(=O)C(=O)NC[C@@H](C)c2ccccc2)c(C)c1. The van der Waals surface area contributed by atoms with Gasteiger partial charge in [-0.3, -0.25) is 9.59 Å². The topological polar surface area (TPSA) is 58.2 Å². The largest absolute Gasteiger partial charge is 0.347 e. The third-order valence-electron chi connectivity index (χ3n) is 3.77. The number of aryl methyl sites for hydroxylation is 2. The molecule has 1 atom stereocenters. The van der Waals surface area contributed by atoms with E-state index in [2.05, 4.69) is 10.6 Å². The Morgan fingerprint density at radius 2 is 1.70 bits per heavy atom. The van der Waals surface area contributed by atoms with Crippen LogP contribution in [-0.2, 0) is 9.59 Å². The van der Waals surface area contributed by atoms with Gasteiger partial charge in [0.05, 0.1) is 0 Å². The lowest BCUT2D eigenvalue weighted by atomic mass is 10.0. The Balaban J connectivity index is 1.89. The maximum absolute atomic E-state index is 12.0. The van der Waals surface area contributed by atoms with E-state index in [9.17, 15) is 9.59 Å². The van der Waals surface area contributed by atoms with E-state index in [0.29, 0.717) is 12.2 Å². The van der Waals surface area contributed by atoms with E-state index in [1.54, 1.807) is 0 Å². The average molecular weight is 310 g/mol. The minimum atomic E-state index is -0.641. The van der Waals surface area contributed by atoms with Gasteiger partial charge >= 0.3 is 11.8 Å². The molecule has 0 aliphatic carbocycles. The molecule has 2 N–H and O–H groups in total. The second-order valence-electron chi connectivity index (χ2n) is 5.79. The Labute approximate surface area is 136 Å². The van der Waals surface area contributed by atoms with Crippen molar-refractivity contribution in [2.75, 3.05) is 11.9 Å². The standard InChI is InChI=1S/C19H22N2O2/c1-13-9-10-17(14(2)11-13)21-19(23)18(22)20-12-15(3)16-7-5-4-6-8-16/h4-11,15H,12H2,1-3H3,(H,20,22)(H,21,23)/t15-/m1/s1. The van der Waals surface area contributed by atoms with Crippen molar-refractivity contribution in [1.82, 2.24) is 5.32 Å². The van der Waals surface area contributed by atoms with Crippen LogP contribution in [0.4, 0.5) is 5.69 Å². The van der Waals surface area contributed by atoms with Crippen molar-refractivity contribution >= 4 is 17.5 Å². The van der Waals surface area contributed by atoms with Gasteiger partial charge in [0.2, 0.25) is 0 Å². The molecule has 2 amide bonds. The molecule has 2 aromatic rings. The Morgan fingerprint density at radius 3 is 2.35 bits per heavy atom. The fraction of sp³-hybridized carbons (Fsp3) is 0.263. The molecule has 0 heterocycles. The normalized spacial score (nSPS) is 11.6. The summed E-state index contributed by atoms with van der Waals surface area (Å²) in [6, 6.07) is 15.6. The number of nitrogens with one attached hydrogen (secondary N) is 2. The number of benzene rings is 2. The molecule has 0 spiro atoms. The zero-order valence-corrected chi connectivity index (χ0v) is 13.7. The summed E-state index contributed by atoms with van der Waals surface area (Å²) in [5.41, 5.74) is 3.83. The summed E-state index contributed by atoms with van der Waals surface area (Å²) in [6.07, 6.45) is 0. The van der Waals surface area contributed by atoms with E-state index in [1.807, 2.05) is 69.3 Å². The number of hydrogen-bond acceptors (Lipinski definition) is 2. The maximum atomic E-state index is 12.0. The van der Waals surface area contributed by atoms with E-state index >= 15 is 0 Å². The molecule has 0 bridgehead atoms. The molecule has 4 nitrogen and oxygen atoms in total. The van der Waals surface area contributed by atoms with Gasteiger partial charge < -0.3 is 10.6 Å². The van der Waals surface area contributed by atoms with E-state index in [-0.39, 0.29) is 5.92 Å². The lowest BCUT2D eigenvalue weighted by Crippen LogP contribution is -2.37. The molecule has 0 saturated carbocycles. The van der Waals surface area contributed by atoms with Gasteiger partial charge in [-0.2, -0.15) is 0 Å². The van der Waals surface area contributed by atoms with Crippen LogP contribution in [0, 0.1) is 13.8 Å². The van der Waals surface area contributed by atoms with Crippen LogP contribution in [-0.4, -0.2) is 18.4 Å². The first kappa shape index (κ1) is 16.7. The van der Waals surface area contributed by atoms with Crippen molar-refractivity contribution in [2.45, 2.75) is 26.7 Å². The van der Waals surface area contributed by atoms with Crippen molar-refractivity contribution in [2.24, 2.45) is 0 Å². The number of anilines is 1. The number of amides is 2. The molecule has 0 aliphatic heterocycles. The predicted octanol–water partition coefficient (Wildman–Crippen LogP) is 3.16. The quantitative estimate of drug-likeness (QED) is 0.852. The average Bonchev–Trinajstić information content (AvgIpc) is 2.55. The van der Waals surface area contributed by atoms with Gasteiger partial charge in [0.15, 0.2) is 0 Å². The van der Waals surface area contributed by atoms with Gasteiger partial charge in [-0.1, -0.05) is 55.0 Å². The fourth-order valence-electron chi connectivity index (χ4n) is 2.36. The molecule has 0 radical (unpaired) electrons.